The lowest BCUT2D eigenvalue weighted by atomic mass is 10.1. The average molecular weight is 393 g/mol. The van der Waals surface area contributed by atoms with Crippen LogP contribution in [0.25, 0.3) is 11.5 Å². The summed E-state index contributed by atoms with van der Waals surface area (Å²) in [5.74, 6) is 0.780. The zero-order chi connectivity index (χ0) is 18.1. The predicted molar refractivity (Wildman–Crippen MR) is 100 cm³/mol. The third-order valence-corrected chi connectivity index (χ3v) is 4.68. The monoisotopic (exact) mass is 392 g/mol. The number of hydrazine groups is 1. The number of hydrogen-bond donors (Lipinski definition) is 2. The van der Waals surface area contributed by atoms with E-state index in [1.165, 1.54) is 5.01 Å². The zero-order valence-corrected chi connectivity index (χ0v) is 15.7. The number of amides is 2. The van der Waals surface area contributed by atoms with Gasteiger partial charge >= 0.3 is 0 Å². The Morgan fingerprint density at radius 2 is 1.96 bits per heavy atom. The van der Waals surface area contributed by atoms with Gasteiger partial charge in [-0.05, 0) is 31.3 Å². The Labute approximate surface area is 162 Å². The van der Waals surface area contributed by atoms with Crippen molar-refractivity contribution in [3.63, 3.8) is 0 Å². The first-order chi connectivity index (χ1) is 12.6. The Morgan fingerprint density at radius 3 is 2.70 bits per heavy atom. The number of hydrogen-bond acceptors (Lipinski definition) is 7. The lowest BCUT2D eigenvalue weighted by Crippen LogP contribution is -2.50. The molecule has 2 aromatic rings. The fourth-order valence-corrected chi connectivity index (χ4v) is 3.12. The van der Waals surface area contributed by atoms with Crippen molar-refractivity contribution in [2.24, 2.45) is 0 Å². The van der Waals surface area contributed by atoms with E-state index in [9.17, 15) is 9.59 Å². The number of benzene rings is 1. The molecule has 2 aliphatic rings. The second-order valence-corrected chi connectivity index (χ2v) is 6.47. The van der Waals surface area contributed by atoms with Crippen LogP contribution in [0.4, 0.5) is 5.69 Å². The van der Waals surface area contributed by atoms with E-state index in [1.807, 2.05) is 7.05 Å². The minimum absolute atomic E-state index is 0. The van der Waals surface area contributed by atoms with E-state index >= 15 is 0 Å². The highest BCUT2D eigenvalue weighted by Crippen LogP contribution is 2.25. The van der Waals surface area contributed by atoms with Gasteiger partial charge in [-0.1, -0.05) is 5.16 Å². The number of halogens is 1. The maximum Gasteiger partial charge on any atom is 0.257 e. The summed E-state index contributed by atoms with van der Waals surface area (Å²) in [6.07, 6.45) is 0.437. The van der Waals surface area contributed by atoms with Crippen molar-refractivity contribution >= 4 is 29.9 Å². The van der Waals surface area contributed by atoms with Crippen LogP contribution < -0.4 is 15.8 Å². The molecular weight excluding hydrogens is 372 g/mol. The second kappa shape index (κ2) is 8.03. The number of rotatable bonds is 3. The molecule has 1 atom stereocenters. The van der Waals surface area contributed by atoms with Crippen LogP contribution in [0.5, 0.6) is 0 Å². The molecule has 10 heteroatoms. The number of piperazine rings is 1. The maximum absolute atomic E-state index is 12.0. The summed E-state index contributed by atoms with van der Waals surface area (Å²) in [6, 6.07) is 7.17. The minimum Gasteiger partial charge on any atom is -0.334 e. The highest BCUT2D eigenvalue weighted by Gasteiger charge is 2.26. The van der Waals surface area contributed by atoms with E-state index in [-0.39, 0.29) is 43.1 Å². The zero-order valence-electron chi connectivity index (χ0n) is 14.8. The van der Waals surface area contributed by atoms with Crippen molar-refractivity contribution in [3.05, 3.63) is 30.1 Å². The van der Waals surface area contributed by atoms with Gasteiger partial charge in [0.2, 0.25) is 11.8 Å². The normalized spacial score (nSPS) is 20.9. The largest absolute Gasteiger partial charge is 0.334 e. The number of anilines is 1. The van der Waals surface area contributed by atoms with Crippen molar-refractivity contribution in [2.75, 3.05) is 31.7 Å². The smallest absolute Gasteiger partial charge is 0.257 e. The third-order valence-electron chi connectivity index (χ3n) is 4.68. The fraction of sp³-hybridized carbons (Fsp3) is 0.412. The van der Waals surface area contributed by atoms with Gasteiger partial charge in [0.15, 0.2) is 5.82 Å². The maximum atomic E-state index is 12.0. The molecule has 4 rings (SSSR count). The molecule has 2 fully saturated rings. The van der Waals surface area contributed by atoms with Crippen LogP contribution in [0.3, 0.4) is 0 Å². The number of nitrogens with zero attached hydrogens (tertiary/aromatic N) is 4. The Morgan fingerprint density at radius 1 is 1.19 bits per heavy atom. The van der Waals surface area contributed by atoms with E-state index in [0.29, 0.717) is 17.4 Å². The first kappa shape index (κ1) is 19.3. The summed E-state index contributed by atoms with van der Waals surface area (Å²) >= 11 is 0. The molecule has 3 heterocycles. The summed E-state index contributed by atoms with van der Waals surface area (Å²) in [5, 5.41) is 8.72. The van der Waals surface area contributed by atoms with Crippen LogP contribution >= 0.6 is 12.4 Å². The molecule has 2 saturated heterocycles. The molecule has 0 spiro atoms. The van der Waals surface area contributed by atoms with Gasteiger partial charge in [0, 0.05) is 38.0 Å². The Kier molecular flexibility index (Phi) is 5.73. The van der Waals surface area contributed by atoms with E-state index < -0.39 is 0 Å². The molecule has 1 aromatic heterocycles. The first-order valence-electron chi connectivity index (χ1n) is 8.59. The number of carbonyl (C=O) groups is 2. The van der Waals surface area contributed by atoms with Crippen molar-refractivity contribution < 1.29 is 14.1 Å². The summed E-state index contributed by atoms with van der Waals surface area (Å²) in [7, 11) is 2.04. The van der Waals surface area contributed by atoms with E-state index in [1.54, 1.807) is 24.3 Å². The fourth-order valence-electron chi connectivity index (χ4n) is 3.12. The van der Waals surface area contributed by atoms with Crippen LogP contribution in [0.15, 0.2) is 28.8 Å². The van der Waals surface area contributed by atoms with Crippen LogP contribution in [0, 0.1) is 0 Å². The highest BCUT2D eigenvalue weighted by molar-refractivity contribution is 6.01. The summed E-state index contributed by atoms with van der Waals surface area (Å²) in [4.78, 5) is 30.2. The van der Waals surface area contributed by atoms with Gasteiger partial charge in [-0.25, -0.2) is 5.01 Å². The minimum atomic E-state index is -0.166. The van der Waals surface area contributed by atoms with Crippen molar-refractivity contribution in [1.82, 2.24) is 25.8 Å². The van der Waals surface area contributed by atoms with Gasteiger partial charge in [0.25, 0.3) is 5.89 Å². The molecule has 0 bridgehead atoms. The molecule has 9 nitrogen and oxygen atoms in total. The van der Waals surface area contributed by atoms with Crippen molar-refractivity contribution in [1.29, 1.82) is 0 Å². The SMILES string of the molecule is CN1CCNCC1c1noc(-c2ccc(N3NC(=O)CCC3=O)cc2)n1.Cl. The van der Waals surface area contributed by atoms with Crippen molar-refractivity contribution in [2.45, 2.75) is 18.9 Å². The van der Waals surface area contributed by atoms with Crippen LogP contribution in [-0.4, -0.2) is 53.5 Å². The quantitative estimate of drug-likeness (QED) is 0.799. The molecule has 2 aliphatic heterocycles. The number of aromatic nitrogens is 2. The van der Waals surface area contributed by atoms with Crippen LogP contribution in [-0.2, 0) is 9.59 Å². The van der Waals surface area contributed by atoms with Crippen LogP contribution in [0.2, 0.25) is 0 Å². The molecule has 0 saturated carbocycles. The van der Waals surface area contributed by atoms with Gasteiger partial charge in [0.1, 0.15) is 0 Å². The van der Waals surface area contributed by atoms with Gasteiger partial charge < -0.3 is 9.84 Å². The van der Waals surface area contributed by atoms with E-state index in [0.717, 1.165) is 25.2 Å². The molecule has 144 valence electrons. The van der Waals surface area contributed by atoms with E-state index in [4.69, 9.17) is 4.52 Å². The average Bonchev–Trinajstić information content (AvgIpc) is 3.14. The molecular formula is C17H21ClN6O3. The van der Waals surface area contributed by atoms with Gasteiger partial charge in [-0.15, -0.1) is 12.4 Å². The molecule has 2 amide bonds. The number of nitrogens with one attached hydrogen (secondary N) is 2. The van der Waals surface area contributed by atoms with Gasteiger partial charge in [-0.3, -0.25) is 19.9 Å². The number of carbonyl (C=O) groups excluding carboxylic acids is 2. The molecule has 0 aliphatic carbocycles. The molecule has 27 heavy (non-hydrogen) atoms. The standard InChI is InChI=1S/C17H20N6O3.ClH/c1-22-9-8-18-10-13(22)16-19-17(26-21-16)11-2-4-12(5-3-11)23-15(25)7-6-14(24)20-23;/h2-5,13,18H,6-10H2,1H3,(H,20,24);1H. The molecule has 1 unspecified atom stereocenters. The Bertz CT molecular complexity index is 824. The number of likely N-dealkylation sites (N-methyl/N-ethyl adjacent to an activating group) is 1. The summed E-state index contributed by atoms with van der Waals surface area (Å²) in [5.41, 5.74) is 3.93. The third kappa shape index (κ3) is 3.95. The molecule has 1 aromatic carbocycles. The Hall–Kier alpha value is -2.49. The van der Waals surface area contributed by atoms with Gasteiger partial charge in [0.05, 0.1) is 11.7 Å². The Balaban J connectivity index is 0.00000210. The second-order valence-electron chi connectivity index (χ2n) is 6.47. The van der Waals surface area contributed by atoms with E-state index in [2.05, 4.69) is 25.8 Å². The van der Waals surface area contributed by atoms with Crippen LogP contribution in [0.1, 0.15) is 24.7 Å². The predicted octanol–water partition coefficient (Wildman–Crippen LogP) is 0.892. The summed E-state index contributed by atoms with van der Waals surface area (Å²) < 4.78 is 5.41. The lowest BCUT2D eigenvalue weighted by Gasteiger charge is -2.30. The molecule has 2 N–H and O–H groups in total. The first-order valence-corrected chi connectivity index (χ1v) is 8.59. The molecule has 0 radical (unpaired) electrons. The highest BCUT2D eigenvalue weighted by atomic mass is 35.5. The topological polar surface area (TPSA) is 104 Å². The van der Waals surface area contributed by atoms with Gasteiger partial charge in [-0.2, -0.15) is 4.98 Å². The van der Waals surface area contributed by atoms with Crippen molar-refractivity contribution in [3.8, 4) is 11.5 Å². The summed E-state index contributed by atoms with van der Waals surface area (Å²) in [6.45, 7) is 2.66. The lowest BCUT2D eigenvalue weighted by molar-refractivity contribution is -0.130.